The molecule has 2 N–H and O–H groups in total. The molecule has 0 atom stereocenters. The van der Waals surface area contributed by atoms with E-state index in [1.54, 1.807) is 0 Å². The Bertz CT molecular complexity index is 150. The summed E-state index contributed by atoms with van der Waals surface area (Å²) in [5.74, 6) is 0.935. The summed E-state index contributed by atoms with van der Waals surface area (Å²) in [4.78, 5) is 0. The molecule has 0 heterocycles. The van der Waals surface area contributed by atoms with E-state index in [1.165, 1.54) is 0 Å². The molecule has 0 aromatic rings. The van der Waals surface area contributed by atoms with Crippen LogP contribution in [0.15, 0.2) is 24.0 Å². The summed E-state index contributed by atoms with van der Waals surface area (Å²) in [5, 5.41) is 0. The van der Waals surface area contributed by atoms with Gasteiger partial charge in [0.15, 0.2) is 0 Å². The van der Waals surface area contributed by atoms with E-state index in [2.05, 4.69) is 6.92 Å². The lowest BCUT2D eigenvalue weighted by Gasteiger charge is -2.03. The molecule has 0 bridgehead atoms. The van der Waals surface area contributed by atoms with Crippen molar-refractivity contribution in [2.75, 3.05) is 13.2 Å². The molecule has 0 aromatic carbocycles. The van der Waals surface area contributed by atoms with E-state index in [0.717, 1.165) is 25.2 Å². The zero-order chi connectivity index (χ0) is 9.23. The minimum Gasteiger partial charge on any atom is -0.494 e. The fraction of sp³-hybridized carbons (Fsp3) is 0.600. The molecule has 0 rings (SSSR count). The molecule has 0 amide bonds. The third-order valence-corrected chi connectivity index (χ3v) is 1.37. The van der Waals surface area contributed by atoms with Crippen LogP contribution >= 0.6 is 0 Å². The van der Waals surface area contributed by atoms with Crippen LogP contribution in [0.4, 0.5) is 0 Å². The summed E-state index contributed by atoms with van der Waals surface area (Å²) in [6.07, 6.45) is 7.92. The van der Waals surface area contributed by atoms with Crippen LogP contribution in [0.1, 0.15) is 26.7 Å². The predicted octanol–water partition coefficient (Wildman–Crippen LogP) is 2.22. The normalized spacial score (nSPS) is 12.4. The molecule has 0 radical (unpaired) electrons. The van der Waals surface area contributed by atoms with E-state index in [1.807, 2.05) is 25.2 Å². The van der Waals surface area contributed by atoms with Gasteiger partial charge in [0.2, 0.25) is 0 Å². The van der Waals surface area contributed by atoms with Gasteiger partial charge in [-0.2, -0.15) is 0 Å². The first kappa shape index (κ1) is 11.2. The molecule has 0 saturated carbocycles. The lowest BCUT2D eigenvalue weighted by Crippen LogP contribution is -1.96. The second kappa shape index (κ2) is 8.34. The second-order valence-electron chi connectivity index (χ2n) is 2.52. The summed E-state index contributed by atoms with van der Waals surface area (Å²) in [6.45, 7) is 5.54. The SMILES string of the molecule is C/C=C(\C=C/CCN)OCCC. The van der Waals surface area contributed by atoms with Crippen LogP contribution in [0.3, 0.4) is 0 Å². The van der Waals surface area contributed by atoms with Gasteiger partial charge >= 0.3 is 0 Å². The van der Waals surface area contributed by atoms with Crippen molar-refractivity contribution >= 4 is 0 Å². The number of rotatable bonds is 6. The van der Waals surface area contributed by atoms with Crippen LogP contribution in [-0.2, 0) is 4.74 Å². The van der Waals surface area contributed by atoms with Gasteiger partial charge in [0.05, 0.1) is 6.61 Å². The summed E-state index contributed by atoms with van der Waals surface area (Å²) < 4.78 is 5.42. The predicted molar refractivity (Wildman–Crippen MR) is 52.8 cm³/mol. The lowest BCUT2D eigenvalue weighted by atomic mass is 10.3. The van der Waals surface area contributed by atoms with E-state index >= 15 is 0 Å². The highest BCUT2D eigenvalue weighted by atomic mass is 16.5. The Kier molecular flexibility index (Phi) is 7.81. The standard InChI is InChI=1S/C10H19NO/c1-3-9-12-10(4-2)7-5-6-8-11/h4-5,7H,3,6,8-9,11H2,1-2H3/b7-5-,10-4+. The number of hydrogen-bond acceptors (Lipinski definition) is 2. The first-order valence-corrected chi connectivity index (χ1v) is 4.50. The van der Waals surface area contributed by atoms with E-state index in [-0.39, 0.29) is 0 Å². The third kappa shape index (κ3) is 5.98. The van der Waals surface area contributed by atoms with Gasteiger partial charge in [-0.15, -0.1) is 0 Å². The maximum atomic E-state index is 5.42. The first-order chi connectivity index (χ1) is 5.85. The molecular weight excluding hydrogens is 150 g/mol. The Labute approximate surface area is 75.1 Å². The minimum atomic E-state index is 0.696. The highest BCUT2D eigenvalue weighted by Gasteiger charge is 1.88. The number of allylic oxidation sites excluding steroid dienone is 2. The Morgan fingerprint density at radius 2 is 2.25 bits per heavy atom. The summed E-state index contributed by atoms with van der Waals surface area (Å²) in [7, 11) is 0. The number of hydrogen-bond donors (Lipinski definition) is 1. The monoisotopic (exact) mass is 169 g/mol. The smallest absolute Gasteiger partial charge is 0.114 e. The van der Waals surface area contributed by atoms with Crippen molar-refractivity contribution in [3.63, 3.8) is 0 Å². The molecule has 2 heteroatoms. The van der Waals surface area contributed by atoms with Gasteiger partial charge in [-0.1, -0.05) is 13.0 Å². The highest BCUT2D eigenvalue weighted by Crippen LogP contribution is 2.00. The average molecular weight is 169 g/mol. The average Bonchev–Trinajstić information content (AvgIpc) is 2.11. The van der Waals surface area contributed by atoms with Crippen molar-refractivity contribution in [1.82, 2.24) is 0 Å². The van der Waals surface area contributed by atoms with Crippen LogP contribution in [0, 0.1) is 0 Å². The molecule has 0 spiro atoms. The van der Waals surface area contributed by atoms with Gasteiger partial charge in [-0.3, -0.25) is 0 Å². The Morgan fingerprint density at radius 1 is 1.50 bits per heavy atom. The zero-order valence-electron chi connectivity index (χ0n) is 8.05. The largest absolute Gasteiger partial charge is 0.494 e. The van der Waals surface area contributed by atoms with Crippen molar-refractivity contribution in [2.24, 2.45) is 5.73 Å². The first-order valence-electron chi connectivity index (χ1n) is 4.50. The fourth-order valence-corrected chi connectivity index (χ4v) is 0.743. The number of nitrogens with two attached hydrogens (primary N) is 1. The van der Waals surface area contributed by atoms with E-state index in [9.17, 15) is 0 Å². The molecular formula is C10H19NO. The van der Waals surface area contributed by atoms with Crippen LogP contribution in [0.2, 0.25) is 0 Å². The Morgan fingerprint density at radius 3 is 2.75 bits per heavy atom. The van der Waals surface area contributed by atoms with Crippen molar-refractivity contribution < 1.29 is 4.74 Å². The molecule has 0 aliphatic carbocycles. The molecule has 0 fully saturated rings. The summed E-state index contributed by atoms with van der Waals surface area (Å²) >= 11 is 0. The molecule has 70 valence electrons. The summed E-state index contributed by atoms with van der Waals surface area (Å²) in [5.41, 5.74) is 5.34. The van der Waals surface area contributed by atoms with Crippen molar-refractivity contribution in [3.05, 3.63) is 24.0 Å². The molecule has 0 aliphatic heterocycles. The van der Waals surface area contributed by atoms with Crippen LogP contribution in [0.25, 0.3) is 0 Å². The molecule has 0 aliphatic rings. The third-order valence-electron chi connectivity index (χ3n) is 1.37. The molecule has 0 aromatic heterocycles. The molecule has 12 heavy (non-hydrogen) atoms. The van der Waals surface area contributed by atoms with Gasteiger partial charge < -0.3 is 10.5 Å². The Hall–Kier alpha value is -0.760. The fourth-order valence-electron chi connectivity index (χ4n) is 0.743. The van der Waals surface area contributed by atoms with Crippen LogP contribution < -0.4 is 5.73 Å². The van der Waals surface area contributed by atoms with Crippen molar-refractivity contribution in [1.29, 1.82) is 0 Å². The highest BCUT2D eigenvalue weighted by molar-refractivity contribution is 5.10. The van der Waals surface area contributed by atoms with Crippen LogP contribution in [0.5, 0.6) is 0 Å². The van der Waals surface area contributed by atoms with Crippen molar-refractivity contribution in [2.45, 2.75) is 26.7 Å². The van der Waals surface area contributed by atoms with Gasteiger partial charge in [-0.25, -0.2) is 0 Å². The quantitative estimate of drug-likeness (QED) is 0.489. The van der Waals surface area contributed by atoms with Gasteiger partial charge in [0.25, 0.3) is 0 Å². The van der Waals surface area contributed by atoms with E-state index < -0.39 is 0 Å². The molecule has 0 saturated heterocycles. The summed E-state index contributed by atoms with van der Waals surface area (Å²) in [6, 6.07) is 0. The van der Waals surface area contributed by atoms with Gasteiger partial charge in [0.1, 0.15) is 5.76 Å². The number of ether oxygens (including phenoxy) is 1. The maximum absolute atomic E-state index is 5.42. The molecule has 0 unspecified atom stereocenters. The lowest BCUT2D eigenvalue weighted by molar-refractivity contribution is 0.224. The Balaban J connectivity index is 3.68. The van der Waals surface area contributed by atoms with E-state index in [4.69, 9.17) is 10.5 Å². The van der Waals surface area contributed by atoms with Crippen molar-refractivity contribution in [3.8, 4) is 0 Å². The molecule has 2 nitrogen and oxygen atoms in total. The van der Waals surface area contributed by atoms with Crippen LogP contribution in [-0.4, -0.2) is 13.2 Å². The minimum absolute atomic E-state index is 0.696. The second-order valence-corrected chi connectivity index (χ2v) is 2.52. The van der Waals surface area contributed by atoms with Gasteiger partial charge in [0, 0.05) is 0 Å². The zero-order valence-corrected chi connectivity index (χ0v) is 8.05. The maximum Gasteiger partial charge on any atom is 0.114 e. The topological polar surface area (TPSA) is 35.2 Å². The van der Waals surface area contributed by atoms with E-state index in [0.29, 0.717) is 6.54 Å². The van der Waals surface area contributed by atoms with Gasteiger partial charge in [-0.05, 0) is 38.5 Å².